The van der Waals surface area contributed by atoms with Crippen molar-refractivity contribution in [1.29, 1.82) is 0 Å². The molecule has 1 aliphatic rings. The summed E-state index contributed by atoms with van der Waals surface area (Å²) in [7, 11) is -0.549. The largest absolute Gasteiger partial charge is 0.496 e. The number of fused-ring (bicyclic) bond motifs is 1. The molecule has 0 atom stereocenters. The predicted octanol–water partition coefficient (Wildman–Crippen LogP) is 5.41. The normalized spacial score (nSPS) is 16.2. The van der Waals surface area contributed by atoms with Crippen molar-refractivity contribution in [1.82, 2.24) is 10.3 Å². The van der Waals surface area contributed by atoms with Crippen LogP contribution < -0.4 is 20.3 Å². The molecule has 1 amide bonds. The molecule has 1 N–H and O–H groups in total. The highest BCUT2D eigenvalue weighted by molar-refractivity contribution is 6.62. The Morgan fingerprint density at radius 1 is 1.00 bits per heavy atom. The minimum atomic E-state index is -0.549. The van der Waals surface area contributed by atoms with Crippen molar-refractivity contribution in [2.45, 2.75) is 78.3 Å². The molecule has 1 aliphatic heterocycles. The average molecular weight is 534 g/mol. The van der Waals surface area contributed by atoms with Gasteiger partial charge in [0.25, 0.3) is 0 Å². The van der Waals surface area contributed by atoms with Gasteiger partial charge in [-0.05, 0) is 78.6 Å². The van der Waals surface area contributed by atoms with Crippen molar-refractivity contribution in [3.8, 4) is 11.5 Å². The number of nitrogens with zero attached hydrogens (tertiary/aromatic N) is 1. The molecule has 208 valence electrons. The highest BCUT2D eigenvalue weighted by atomic mass is 16.7. The number of hydrogen-bond acceptors (Lipinski definition) is 7. The van der Waals surface area contributed by atoms with E-state index in [1.165, 1.54) is 0 Å². The van der Waals surface area contributed by atoms with Crippen LogP contribution in [0.5, 0.6) is 11.5 Å². The topological polar surface area (TPSA) is 88.1 Å². The summed E-state index contributed by atoms with van der Waals surface area (Å²) in [6.07, 6.45) is 1.91. The Morgan fingerprint density at radius 3 is 2.36 bits per heavy atom. The first-order valence-electron chi connectivity index (χ1n) is 13.4. The fraction of sp³-hybridized carbons (Fsp3) is 0.467. The number of nitrogens with one attached hydrogen (secondary N) is 1. The molecule has 9 heteroatoms. The Balaban J connectivity index is 1.55. The average Bonchev–Trinajstić information content (AvgIpc) is 3.08. The molecule has 1 saturated heterocycles. The van der Waals surface area contributed by atoms with Crippen molar-refractivity contribution in [3.05, 3.63) is 60.3 Å². The van der Waals surface area contributed by atoms with Gasteiger partial charge in [0.1, 0.15) is 12.2 Å². The van der Waals surface area contributed by atoms with E-state index in [1.807, 2.05) is 97.0 Å². The third-order valence-corrected chi connectivity index (χ3v) is 6.80. The molecule has 1 fully saturated rings. The second kappa shape index (κ2) is 11.4. The van der Waals surface area contributed by atoms with E-state index < -0.39 is 30.0 Å². The molecule has 8 nitrogen and oxygen atoms in total. The Kier molecular flexibility index (Phi) is 8.42. The van der Waals surface area contributed by atoms with Crippen LogP contribution in [-0.2, 0) is 20.7 Å². The van der Waals surface area contributed by atoms with Crippen molar-refractivity contribution in [3.63, 3.8) is 0 Å². The summed E-state index contributed by atoms with van der Waals surface area (Å²) in [5, 5.41) is 3.57. The van der Waals surface area contributed by atoms with Crippen LogP contribution >= 0.6 is 0 Å². The van der Waals surface area contributed by atoms with E-state index in [0.717, 1.165) is 21.9 Å². The van der Waals surface area contributed by atoms with Crippen LogP contribution in [0.2, 0.25) is 0 Å². The Labute approximate surface area is 231 Å². The summed E-state index contributed by atoms with van der Waals surface area (Å²) in [5.74, 6) is 1.20. The number of hydrogen-bond donors (Lipinski definition) is 1. The van der Waals surface area contributed by atoms with E-state index in [9.17, 15) is 4.79 Å². The van der Waals surface area contributed by atoms with Crippen LogP contribution in [0.3, 0.4) is 0 Å². The number of ether oxygens (including phenoxy) is 3. The zero-order chi connectivity index (χ0) is 28.3. The molecule has 3 aromatic rings. The molecule has 4 rings (SSSR count). The van der Waals surface area contributed by atoms with Gasteiger partial charge in [-0.1, -0.05) is 30.3 Å². The van der Waals surface area contributed by atoms with Crippen molar-refractivity contribution in [2.75, 3.05) is 13.2 Å². The minimum Gasteiger partial charge on any atom is -0.489 e. The molecule has 0 bridgehead atoms. The van der Waals surface area contributed by atoms with E-state index in [2.05, 4.69) is 10.3 Å². The molecule has 0 unspecified atom stereocenters. The smallest absolute Gasteiger partial charge is 0.489 e. The highest BCUT2D eigenvalue weighted by Crippen LogP contribution is 2.38. The monoisotopic (exact) mass is 534 g/mol. The van der Waals surface area contributed by atoms with Gasteiger partial charge in [-0.3, -0.25) is 4.98 Å². The molecular weight excluding hydrogens is 495 g/mol. The molecule has 39 heavy (non-hydrogen) atoms. The van der Waals surface area contributed by atoms with E-state index in [0.29, 0.717) is 37.7 Å². The van der Waals surface area contributed by atoms with Gasteiger partial charge < -0.3 is 28.8 Å². The Hall–Kier alpha value is -3.30. The first kappa shape index (κ1) is 28.7. The lowest BCUT2D eigenvalue weighted by Crippen LogP contribution is -2.41. The Morgan fingerprint density at radius 2 is 1.69 bits per heavy atom. The van der Waals surface area contributed by atoms with Gasteiger partial charge in [0.2, 0.25) is 0 Å². The van der Waals surface area contributed by atoms with Gasteiger partial charge in [0.05, 0.1) is 23.3 Å². The zero-order valence-electron chi connectivity index (χ0n) is 24.0. The summed E-state index contributed by atoms with van der Waals surface area (Å²) < 4.78 is 30.3. The predicted molar refractivity (Wildman–Crippen MR) is 153 cm³/mol. The molecule has 0 aliphatic carbocycles. The standard InChI is InChI=1S/C30H39BN2O6/c1-28(2,3)37-27(34)32-16-11-17-35-26-23-18-22(31-38-29(4,5)30(6,7)39-31)19-33-24(23)14-15-25(26)36-20-21-12-9-8-10-13-21/h8-10,12-15,18-19H,11,16-17,20H2,1-7H3,(H,32,34). The molecule has 2 aromatic carbocycles. The molecule has 0 spiro atoms. The first-order chi connectivity index (χ1) is 18.3. The fourth-order valence-corrected chi connectivity index (χ4v) is 4.03. The number of amides is 1. The lowest BCUT2D eigenvalue weighted by atomic mass is 9.79. The summed E-state index contributed by atoms with van der Waals surface area (Å²) in [4.78, 5) is 16.6. The summed E-state index contributed by atoms with van der Waals surface area (Å²) >= 11 is 0. The molecule has 0 saturated carbocycles. The maximum absolute atomic E-state index is 12.0. The second-order valence-corrected chi connectivity index (χ2v) is 11.7. The van der Waals surface area contributed by atoms with Crippen molar-refractivity contribution < 1.29 is 28.3 Å². The lowest BCUT2D eigenvalue weighted by Gasteiger charge is -2.32. The van der Waals surface area contributed by atoms with Crippen LogP contribution in [0.1, 0.15) is 60.5 Å². The fourth-order valence-electron chi connectivity index (χ4n) is 4.03. The number of rotatable bonds is 9. The molecule has 0 radical (unpaired) electrons. The van der Waals surface area contributed by atoms with Gasteiger partial charge in [0.15, 0.2) is 11.5 Å². The maximum atomic E-state index is 12.0. The number of alkyl carbamates (subject to hydrolysis) is 1. The van der Waals surface area contributed by atoms with Crippen LogP contribution in [0.25, 0.3) is 10.9 Å². The number of benzene rings is 2. The number of aromatic nitrogens is 1. The van der Waals surface area contributed by atoms with E-state index in [1.54, 1.807) is 6.20 Å². The highest BCUT2D eigenvalue weighted by Gasteiger charge is 2.51. The lowest BCUT2D eigenvalue weighted by molar-refractivity contribution is 0.00578. The summed E-state index contributed by atoms with van der Waals surface area (Å²) in [6, 6.07) is 15.8. The first-order valence-corrected chi connectivity index (χ1v) is 13.4. The molecular formula is C30H39BN2O6. The van der Waals surface area contributed by atoms with E-state index in [-0.39, 0.29) is 0 Å². The van der Waals surface area contributed by atoms with Crippen LogP contribution in [0.15, 0.2) is 54.7 Å². The minimum absolute atomic E-state index is 0.358. The third-order valence-electron chi connectivity index (χ3n) is 6.80. The zero-order valence-corrected chi connectivity index (χ0v) is 24.0. The van der Waals surface area contributed by atoms with Gasteiger partial charge in [-0.15, -0.1) is 0 Å². The van der Waals surface area contributed by atoms with Gasteiger partial charge >= 0.3 is 13.2 Å². The van der Waals surface area contributed by atoms with Crippen molar-refractivity contribution in [2.24, 2.45) is 0 Å². The van der Waals surface area contributed by atoms with E-state index >= 15 is 0 Å². The van der Waals surface area contributed by atoms with Crippen LogP contribution in [-0.4, -0.2) is 48.2 Å². The second-order valence-electron chi connectivity index (χ2n) is 11.7. The summed E-state index contributed by atoms with van der Waals surface area (Å²) in [6.45, 7) is 14.8. The van der Waals surface area contributed by atoms with Crippen LogP contribution in [0.4, 0.5) is 4.79 Å². The quantitative estimate of drug-likeness (QED) is 0.290. The number of pyridine rings is 1. The summed E-state index contributed by atoms with van der Waals surface area (Å²) in [5.41, 5.74) is 1.15. The molecule has 1 aromatic heterocycles. The maximum Gasteiger partial charge on any atom is 0.496 e. The van der Waals surface area contributed by atoms with Crippen molar-refractivity contribution >= 4 is 29.6 Å². The number of carbonyl (C=O) groups excluding carboxylic acids is 1. The van der Waals surface area contributed by atoms with Gasteiger partial charge in [0, 0.05) is 23.6 Å². The Bertz CT molecular complexity index is 1270. The van der Waals surface area contributed by atoms with Crippen LogP contribution in [0, 0.1) is 0 Å². The van der Waals surface area contributed by atoms with Gasteiger partial charge in [-0.2, -0.15) is 0 Å². The SMILES string of the molecule is CC(C)(C)OC(=O)NCCCOc1c(OCc2ccccc2)ccc2ncc(B3OC(C)(C)C(C)(C)O3)cc12. The van der Waals surface area contributed by atoms with E-state index in [4.69, 9.17) is 23.5 Å². The third kappa shape index (κ3) is 7.22. The molecule has 2 heterocycles. The van der Waals surface area contributed by atoms with Gasteiger partial charge in [-0.25, -0.2) is 4.79 Å². The number of carbonyl (C=O) groups is 1.